The predicted octanol–water partition coefficient (Wildman–Crippen LogP) is 4.03. The van der Waals surface area contributed by atoms with Crippen LogP contribution in [-0.4, -0.2) is 6.10 Å². The Kier molecular flexibility index (Phi) is 3.56. The van der Waals surface area contributed by atoms with Gasteiger partial charge in [0, 0.05) is 5.69 Å². The van der Waals surface area contributed by atoms with Gasteiger partial charge in [0.15, 0.2) is 0 Å². The number of rotatable bonds is 3. The topological polar surface area (TPSA) is 35.2 Å². The Balaban J connectivity index is 2.41. The van der Waals surface area contributed by atoms with E-state index in [4.69, 9.17) is 10.5 Å². The van der Waals surface area contributed by atoms with Crippen LogP contribution in [0.1, 0.15) is 19.4 Å². The zero-order valence-electron chi connectivity index (χ0n) is 11.1. The number of hydrogen-bond acceptors (Lipinski definition) is 2. The molecule has 0 heterocycles. The number of aryl methyl sites for hydroxylation is 1. The minimum atomic E-state index is 0.183. The summed E-state index contributed by atoms with van der Waals surface area (Å²) in [6, 6.07) is 14.1. The molecular weight excluding hydrogens is 222 g/mol. The molecular formula is C16H19NO. The summed E-state index contributed by atoms with van der Waals surface area (Å²) >= 11 is 0. The summed E-state index contributed by atoms with van der Waals surface area (Å²) in [6.07, 6.45) is 0.183. The molecule has 0 spiro atoms. The van der Waals surface area contributed by atoms with Gasteiger partial charge >= 0.3 is 0 Å². The molecule has 2 aromatic rings. The molecule has 0 aliphatic carbocycles. The summed E-state index contributed by atoms with van der Waals surface area (Å²) in [5, 5.41) is 0. The van der Waals surface area contributed by atoms with Crippen LogP contribution in [-0.2, 0) is 0 Å². The van der Waals surface area contributed by atoms with E-state index in [1.807, 2.05) is 44.2 Å². The van der Waals surface area contributed by atoms with E-state index in [9.17, 15) is 0 Å². The Morgan fingerprint density at radius 3 is 2.56 bits per heavy atom. The predicted molar refractivity (Wildman–Crippen MR) is 76.8 cm³/mol. The maximum atomic E-state index is 5.85. The van der Waals surface area contributed by atoms with E-state index in [0.29, 0.717) is 0 Å². The molecule has 0 aliphatic rings. The van der Waals surface area contributed by atoms with Crippen molar-refractivity contribution >= 4 is 5.69 Å². The van der Waals surface area contributed by atoms with Crippen molar-refractivity contribution in [3.05, 3.63) is 48.0 Å². The van der Waals surface area contributed by atoms with Crippen LogP contribution in [0.25, 0.3) is 11.1 Å². The van der Waals surface area contributed by atoms with Crippen molar-refractivity contribution in [2.75, 3.05) is 5.73 Å². The van der Waals surface area contributed by atoms with E-state index in [1.165, 1.54) is 5.56 Å². The first-order chi connectivity index (χ1) is 8.56. The lowest BCUT2D eigenvalue weighted by Crippen LogP contribution is -2.05. The van der Waals surface area contributed by atoms with Gasteiger partial charge in [0.05, 0.1) is 6.10 Å². The molecule has 2 rings (SSSR count). The average Bonchev–Trinajstić information content (AvgIpc) is 2.32. The minimum Gasteiger partial charge on any atom is -0.491 e. The third kappa shape index (κ3) is 2.83. The van der Waals surface area contributed by atoms with Crippen molar-refractivity contribution in [1.29, 1.82) is 0 Å². The normalized spacial score (nSPS) is 10.7. The quantitative estimate of drug-likeness (QED) is 0.823. The summed E-state index contributed by atoms with van der Waals surface area (Å²) in [5.74, 6) is 0.893. The first-order valence-electron chi connectivity index (χ1n) is 6.19. The fourth-order valence-corrected chi connectivity index (χ4v) is 1.96. The van der Waals surface area contributed by atoms with Crippen molar-refractivity contribution in [3.63, 3.8) is 0 Å². The van der Waals surface area contributed by atoms with Gasteiger partial charge in [-0.1, -0.05) is 18.2 Å². The molecule has 0 radical (unpaired) electrons. The zero-order chi connectivity index (χ0) is 13.1. The molecule has 0 aliphatic heterocycles. The Morgan fingerprint density at radius 1 is 1.06 bits per heavy atom. The van der Waals surface area contributed by atoms with Gasteiger partial charge in [-0.25, -0.2) is 0 Å². The van der Waals surface area contributed by atoms with Gasteiger partial charge in [0.2, 0.25) is 0 Å². The lowest BCUT2D eigenvalue weighted by molar-refractivity contribution is 0.242. The summed E-state index contributed by atoms with van der Waals surface area (Å²) in [5.41, 5.74) is 10.1. The molecule has 94 valence electrons. The standard InChI is InChI=1S/C16H19NO/c1-11(2)18-15-6-4-5-13(9-15)16-10-14(17)8-7-12(16)3/h4-11H,17H2,1-3H3. The van der Waals surface area contributed by atoms with Crippen LogP contribution in [0.15, 0.2) is 42.5 Å². The summed E-state index contributed by atoms with van der Waals surface area (Å²) in [6.45, 7) is 6.14. The maximum Gasteiger partial charge on any atom is 0.120 e. The molecule has 2 heteroatoms. The van der Waals surface area contributed by atoms with Crippen LogP contribution >= 0.6 is 0 Å². The lowest BCUT2D eigenvalue weighted by atomic mass is 10.00. The first kappa shape index (κ1) is 12.5. The van der Waals surface area contributed by atoms with Crippen molar-refractivity contribution in [3.8, 4) is 16.9 Å². The Morgan fingerprint density at radius 2 is 1.83 bits per heavy atom. The smallest absolute Gasteiger partial charge is 0.120 e. The second-order valence-electron chi connectivity index (χ2n) is 4.77. The average molecular weight is 241 g/mol. The van der Waals surface area contributed by atoms with Gasteiger partial charge in [0.1, 0.15) is 5.75 Å². The highest BCUT2D eigenvalue weighted by Crippen LogP contribution is 2.28. The summed E-state index contributed by atoms with van der Waals surface area (Å²) in [4.78, 5) is 0. The van der Waals surface area contributed by atoms with Gasteiger partial charge in [-0.2, -0.15) is 0 Å². The van der Waals surface area contributed by atoms with Gasteiger partial charge in [-0.15, -0.1) is 0 Å². The highest BCUT2D eigenvalue weighted by molar-refractivity contribution is 5.71. The summed E-state index contributed by atoms with van der Waals surface area (Å²) < 4.78 is 5.72. The Hall–Kier alpha value is -1.96. The van der Waals surface area contributed by atoms with Crippen LogP contribution in [0.3, 0.4) is 0 Å². The van der Waals surface area contributed by atoms with Gasteiger partial charge in [-0.05, 0) is 61.7 Å². The second-order valence-corrected chi connectivity index (χ2v) is 4.77. The molecule has 2 aromatic carbocycles. The molecule has 0 saturated carbocycles. The van der Waals surface area contributed by atoms with E-state index >= 15 is 0 Å². The SMILES string of the molecule is Cc1ccc(N)cc1-c1cccc(OC(C)C)c1. The van der Waals surface area contributed by atoms with E-state index in [1.54, 1.807) is 0 Å². The van der Waals surface area contributed by atoms with E-state index < -0.39 is 0 Å². The van der Waals surface area contributed by atoms with Gasteiger partial charge in [-0.3, -0.25) is 0 Å². The highest BCUT2D eigenvalue weighted by atomic mass is 16.5. The van der Waals surface area contributed by atoms with Crippen LogP contribution in [0.5, 0.6) is 5.75 Å². The molecule has 0 amide bonds. The minimum absolute atomic E-state index is 0.183. The van der Waals surface area contributed by atoms with Crippen molar-refractivity contribution < 1.29 is 4.74 Å². The second kappa shape index (κ2) is 5.13. The fourth-order valence-electron chi connectivity index (χ4n) is 1.96. The lowest BCUT2D eigenvalue weighted by Gasteiger charge is -2.12. The van der Waals surface area contributed by atoms with Gasteiger partial charge in [0.25, 0.3) is 0 Å². The molecule has 0 bridgehead atoms. The molecule has 18 heavy (non-hydrogen) atoms. The number of benzene rings is 2. The van der Waals surface area contributed by atoms with Crippen molar-refractivity contribution in [1.82, 2.24) is 0 Å². The van der Waals surface area contributed by atoms with Gasteiger partial charge < -0.3 is 10.5 Å². The largest absolute Gasteiger partial charge is 0.491 e. The molecule has 2 N–H and O–H groups in total. The molecule has 0 unspecified atom stereocenters. The van der Waals surface area contributed by atoms with Crippen molar-refractivity contribution in [2.24, 2.45) is 0 Å². The molecule has 0 fully saturated rings. The van der Waals surface area contributed by atoms with Crippen LogP contribution in [0, 0.1) is 6.92 Å². The van der Waals surface area contributed by atoms with Crippen LogP contribution < -0.4 is 10.5 Å². The highest BCUT2D eigenvalue weighted by Gasteiger charge is 2.05. The molecule has 0 aromatic heterocycles. The molecule has 2 nitrogen and oxygen atoms in total. The fraction of sp³-hybridized carbons (Fsp3) is 0.250. The number of anilines is 1. The number of ether oxygens (including phenoxy) is 1. The number of nitrogen functional groups attached to an aromatic ring is 1. The van der Waals surface area contributed by atoms with E-state index in [-0.39, 0.29) is 6.10 Å². The Labute approximate surface area is 108 Å². The zero-order valence-corrected chi connectivity index (χ0v) is 11.1. The Bertz CT molecular complexity index is 547. The summed E-state index contributed by atoms with van der Waals surface area (Å²) in [7, 11) is 0. The molecule has 0 atom stereocenters. The number of hydrogen-bond donors (Lipinski definition) is 1. The van der Waals surface area contributed by atoms with E-state index in [0.717, 1.165) is 22.6 Å². The third-order valence-corrected chi connectivity index (χ3v) is 2.78. The molecule has 0 saturated heterocycles. The maximum absolute atomic E-state index is 5.85. The van der Waals surface area contributed by atoms with Crippen molar-refractivity contribution in [2.45, 2.75) is 26.9 Å². The first-order valence-corrected chi connectivity index (χ1v) is 6.19. The van der Waals surface area contributed by atoms with Crippen LogP contribution in [0.4, 0.5) is 5.69 Å². The number of nitrogens with two attached hydrogens (primary N) is 1. The van der Waals surface area contributed by atoms with Crippen LogP contribution in [0.2, 0.25) is 0 Å². The van der Waals surface area contributed by atoms with E-state index in [2.05, 4.69) is 19.1 Å². The monoisotopic (exact) mass is 241 g/mol. The third-order valence-electron chi connectivity index (χ3n) is 2.78.